The number of fused-ring (bicyclic) bond motifs is 2. The van der Waals surface area contributed by atoms with Gasteiger partial charge in [-0.15, -0.1) is 0 Å². The lowest BCUT2D eigenvalue weighted by atomic mass is 9.55. The molecule has 1 aliphatic carbocycles. The van der Waals surface area contributed by atoms with E-state index in [1.165, 1.54) is 24.0 Å². The van der Waals surface area contributed by atoms with Gasteiger partial charge in [-0.1, -0.05) is 18.2 Å². The molecule has 4 nitrogen and oxygen atoms in total. The average Bonchev–Trinajstić information content (AvgIpc) is 3.17. The van der Waals surface area contributed by atoms with E-state index >= 15 is 0 Å². The summed E-state index contributed by atoms with van der Waals surface area (Å²) in [5.74, 6) is 0.671. The Morgan fingerprint density at radius 2 is 2.28 bits per heavy atom. The summed E-state index contributed by atoms with van der Waals surface area (Å²) in [6.07, 6.45) is 5.66. The number of hydrogen-bond donors (Lipinski definition) is 2. The van der Waals surface area contributed by atoms with Crippen LogP contribution in [0, 0.1) is 11.8 Å². The third-order valence-electron chi connectivity index (χ3n) is 8.08. The number of aldehydes is 1. The summed E-state index contributed by atoms with van der Waals surface area (Å²) in [4.78, 5) is 12.2. The zero-order valence-corrected chi connectivity index (χ0v) is 15.0. The number of phenolic OH excluding ortho intramolecular Hbond substituents is 1. The Balaban J connectivity index is 1.76. The number of nitrogens with one attached hydrogen (secondary N) is 1. The van der Waals surface area contributed by atoms with E-state index in [4.69, 9.17) is 0 Å². The first kappa shape index (κ1) is 15.4. The zero-order valence-electron chi connectivity index (χ0n) is 15.0. The molecule has 0 aromatic heterocycles. The lowest BCUT2D eigenvalue weighted by Gasteiger charge is -2.56. The van der Waals surface area contributed by atoms with E-state index in [0.29, 0.717) is 17.7 Å². The van der Waals surface area contributed by atoms with E-state index in [2.05, 4.69) is 31.3 Å². The van der Waals surface area contributed by atoms with Gasteiger partial charge in [0.1, 0.15) is 24.6 Å². The predicted molar refractivity (Wildman–Crippen MR) is 97.6 cm³/mol. The Morgan fingerprint density at radius 1 is 1.44 bits per heavy atom. The van der Waals surface area contributed by atoms with Crippen LogP contribution in [0.1, 0.15) is 32.3 Å². The molecule has 2 saturated heterocycles. The van der Waals surface area contributed by atoms with Gasteiger partial charge >= 0.3 is 0 Å². The van der Waals surface area contributed by atoms with Crippen LogP contribution in [0.25, 0.3) is 0 Å². The number of anilines is 1. The number of hydrogen-bond acceptors (Lipinski definition) is 3. The zero-order chi connectivity index (χ0) is 17.4. The molecule has 4 heteroatoms. The molecule has 0 amide bonds. The number of allylic oxidation sites excluding steroid dienone is 1. The van der Waals surface area contributed by atoms with Crippen LogP contribution >= 0.6 is 0 Å². The molecule has 5 rings (SSSR count). The molecule has 0 radical (unpaired) electrons. The minimum atomic E-state index is -0.00850. The summed E-state index contributed by atoms with van der Waals surface area (Å²) < 4.78 is 1.15. The smallest absolute Gasteiger partial charge is 0.138 e. The first-order chi connectivity index (χ1) is 12.1. The van der Waals surface area contributed by atoms with Gasteiger partial charge < -0.3 is 19.7 Å². The number of phenols is 1. The van der Waals surface area contributed by atoms with Crippen LogP contribution in [0.5, 0.6) is 5.75 Å². The monoisotopic (exact) mass is 339 g/mol. The van der Waals surface area contributed by atoms with Crippen LogP contribution in [-0.2, 0) is 10.2 Å². The third kappa shape index (κ3) is 1.60. The molecular weight excluding hydrogens is 312 g/mol. The maximum atomic E-state index is 12.2. The SMILES string of the molecule is C/C=C1\C[N@+]2(CC)CC[C@]34c5cccc(O)c5N[C@@H]3[C@@H](C=O)[C@H]1C[C@H]42. The number of para-hydroxylation sites is 1. The number of rotatable bonds is 2. The summed E-state index contributed by atoms with van der Waals surface area (Å²) in [6.45, 7) is 7.85. The number of nitrogens with zero attached hydrogens (tertiary/aromatic N) is 1. The predicted octanol–water partition coefficient (Wildman–Crippen LogP) is 2.83. The number of quaternary nitrogens is 1. The van der Waals surface area contributed by atoms with Gasteiger partial charge in [-0.2, -0.15) is 0 Å². The topological polar surface area (TPSA) is 49.3 Å². The molecule has 1 saturated carbocycles. The summed E-state index contributed by atoms with van der Waals surface area (Å²) in [5.41, 5.74) is 3.59. The Labute approximate surface area is 149 Å². The molecule has 3 fully saturated rings. The molecule has 0 unspecified atom stereocenters. The minimum Gasteiger partial charge on any atom is -0.506 e. The Bertz CT molecular complexity index is 788. The molecule has 4 aliphatic rings. The molecule has 3 heterocycles. The number of benzene rings is 1. The largest absolute Gasteiger partial charge is 0.506 e. The molecule has 2 N–H and O–H groups in total. The molecule has 3 aliphatic heterocycles. The summed E-state index contributed by atoms with van der Waals surface area (Å²) in [5, 5.41) is 14.1. The van der Waals surface area contributed by atoms with Gasteiger partial charge in [-0.25, -0.2) is 0 Å². The lowest BCUT2D eigenvalue weighted by molar-refractivity contribution is -0.941. The fourth-order valence-corrected chi connectivity index (χ4v) is 6.97. The number of piperidine rings is 1. The van der Waals surface area contributed by atoms with E-state index in [9.17, 15) is 9.90 Å². The first-order valence-electron chi connectivity index (χ1n) is 9.66. The van der Waals surface area contributed by atoms with Crippen molar-refractivity contribution in [2.45, 2.75) is 44.2 Å². The fourth-order valence-electron chi connectivity index (χ4n) is 6.97. The maximum absolute atomic E-state index is 12.2. The fraction of sp³-hybridized carbons (Fsp3) is 0.571. The van der Waals surface area contributed by atoms with Gasteiger partial charge in [0.05, 0.1) is 30.2 Å². The number of carbonyl (C=O) groups excluding carboxylic acids is 1. The van der Waals surface area contributed by atoms with Crippen molar-refractivity contribution >= 4 is 12.0 Å². The van der Waals surface area contributed by atoms with Crippen molar-refractivity contribution in [1.29, 1.82) is 0 Å². The third-order valence-corrected chi connectivity index (χ3v) is 8.08. The molecule has 2 bridgehead atoms. The normalized spacial score (nSPS) is 45.0. The Kier molecular flexibility index (Phi) is 3.01. The van der Waals surface area contributed by atoms with Crippen molar-refractivity contribution in [1.82, 2.24) is 0 Å². The first-order valence-corrected chi connectivity index (χ1v) is 9.66. The molecule has 1 aromatic carbocycles. The highest BCUT2D eigenvalue weighted by atomic mass is 16.3. The Hall–Kier alpha value is -1.81. The highest BCUT2D eigenvalue weighted by Gasteiger charge is 2.71. The van der Waals surface area contributed by atoms with Gasteiger partial charge in [0.25, 0.3) is 0 Å². The second-order valence-corrected chi connectivity index (χ2v) is 8.46. The molecular formula is C21H27N2O2+. The van der Waals surface area contributed by atoms with Crippen molar-refractivity contribution in [3.8, 4) is 5.75 Å². The minimum absolute atomic E-state index is 0.00796. The quantitative estimate of drug-likeness (QED) is 0.377. The van der Waals surface area contributed by atoms with Gasteiger partial charge in [0, 0.05) is 24.7 Å². The summed E-state index contributed by atoms with van der Waals surface area (Å²) >= 11 is 0. The Morgan fingerprint density at radius 3 is 3.00 bits per heavy atom. The second-order valence-electron chi connectivity index (χ2n) is 8.46. The van der Waals surface area contributed by atoms with Crippen LogP contribution in [0.15, 0.2) is 29.8 Å². The number of aromatic hydroxyl groups is 1. The van der Waals surface area contributed by atoms with Gasteiger partial charge in [-0.05, 0) is 31.1 Å². The average molecular weight is 339 g/mol. The van der Waals surface area contributed by atoms with Gasteiger partial charge in [-0.3, -0.25) is 0 Å². The highest BCUT2D eigenvalue weighted by Crippen LogP contribution is 2.64. The molecule has 6 atom stereocenters. The van der Waals surface area contributed by atoms with Crippen molar-refractivity contribution in [3.63, 3.8) is 0 Å². The molecule has 25 heavy (non-hydrogen) atoms. The van der Waals surface area contributed by atoms with Crippen molar-refractivity contribution in [2.24, 2.45) is 11.8 Å². The summed E-state index contributed by atoms with van der Waals surface area (Å²) in [6, 6.07) is 6.57. The summed E-state index contributed by atoms with van der Waals surface area (Å²) in [7, 11) is 0. The van der Waals surface area contributed by atoms with Crippen molar-refractivity contribution in [3.05, 3.63) is 35.4 Å². The van der Waals surface area contributed by atoms with E-state index in [1.54, 1.807) is 6.07 Å². The van der Waals surface area contributed by atoms with E-state index in [0.717, 1.165) is 36.1 Å². The number of likely N-dealkylation sites (N-methyl/N-ethyl adjacent to an activating group) is 1. The van der Waals surface area contributed by atoms with Crippen LogP contribution in [0.4, 0.5) is 5.69 Å². The van der Waals surface area contributed by atoms with E-state index < -0.39 is 0 Å². The second kappa shape index (κ2) is 4.88. The van der Waals surface area contributed by atoms with Crippen molar-refractivity contribution in [2.75, 3.05) is 25.0 Å². The van der Waals surface area contributed by atoms with Crippen LogP contribution in [0.3, 0.4) is 0 Å². The van der Waals surface area contributed by atoms with Gasteiger partial charge in [0.2, 0.25) is 0 Å². The maximum Gasteiger partial charge on any atom is 0.138 e. The molecule has 132 valence electrons. The van der Waals surface area contributed by atoms with E-state index in [1.807, 2.05) is 6.07 Å². The highest BCUT2D eigenvalue weighted by molar-refractivity contribution is 5.74. The van der Waals surface area contributed by atoms with E-state index in [-0.39, 0.29) is 17.4 Å². The molecule has 1 spiro atoms. The molecule has 1 aromatic rings. The van der Waals surface area contributed by atoms with Crippen LogP contribution < -0.4 is 5.32 Å². The van der Waals surface area contributed by atoms with Crippen LogP contribution in [-0.4, -0.2) is 47.6 Å². The lowest BCUT2D eigenvalue weighted by Crippen LogP contribution is -2.68. The van der Waals surface area contributed by atoms with Gasteiger partial charge in [0.15, 0.2) is 0 Å². The van der Waals surface area contributed by atoms with Crippen molar-refractivity contribution < 1.29 is 14.4 Å². The number of carbonyl (C=O) groups is 1. The van der Waals surface area contributed by atoms with Crippen LogP contribution in [0.2, 0.25) is 0 Å². The standard InChI is InChI=1S/C21H26N2O2/c1-3-13-11-23(4-2)9-8-21-16-6-5-7-17(25)19(16)22-20(21)15(12-24)14(13)10-18(21)23/h3,5-7,12,14-15,18,20,22H,4,8-11H2,1-2H3/p+1/b13-3+/t14-,15-,18+,20+,21+,23-/m0/s1.